The van der Waals surface area contributed by atoms with Crippen LogP contribution in [0.25, 0.3) is 0 Å². The Hall–Kier alpha value is -0.570. The van der Waals surface area contributed by atoms with Gasteiger partial charge >= 0.3 is 0 Å². The summed E-state index contributed by atoms with van der Waals surface area (Å²) in [7, 11) is 2.14. The standard InChI is InChI=1S/C12H27N3/c1-9(2)10(3)15(6)8-7-12(4,5)11(13)14/h9-10H,7-8H2,1-6H3,(H3,13,14). The quantitative estimate of drug-likeness (QED) is 0.525. The molecule has 0 aromatic carbocycles. The summed E-state index contributed by atoms with van der Waals surface area (Å²) in [5.41, 5.74) is 5.38. The first-order valence-corrected chi connectivity index (χ1v) is 5.73. The summed E-state index contributed by atoms with van der Waals surface area (Å²) in [6.45, 7) is 11.8. The van der Waals surface area contributed by atoms with Crippen molar-refractivity contribution in [1.29, 1.82) is 5.41 Å². The average molecular weight is 213 g/mol. The van der Waals surface area contributed by atoms with Crippen LogP contribution >= 0.6 is 0 Å². The predicted molar refractivity (Wildman–Crippen MR) is 67.2 cm³/mol. The van der Waals surface area contributed by atoms with Crippen LogP contribution in [0.4, 0.5) is 0 Å². The van der Waals surface area contributed by atoms with E-state index in [9.17, 15) is 0 Å². The van der Waals surface area contributed by atoms with E-state index >= 15 is 0 Å². The van der Waals surface area contributed by atoms with Crippen molar-refractivity contribution in [1.82, 2.24) is 4.90 Å². The summed E-state index contributed by atoms with van der Waals surface area (Å²) in [5, 5.41) is 7.49. The molecular formula is C12H27N3. The fourth-order valence-electron chi connectivity index (χ4n) is 1.30. The van der Waals surface area contributed by atoms with E-state index in [1.54, 1.807) is 0 Å². The lowest BCUT2D eigenvalue weighted by atomic mass is 9.87. The second-order valence-corrected chi connectivity index (χ2v) is 5.51. The van der Waals surface area contributed by atoms with Gasteiger partial charge in [0.1, 0.15) is 0 Å². The molecule has 3 N–H and O–H groups in total. The molecule has 0 fully saturated rings. The lowest BCUT2D eigenvalue weighted by Gasteiger charge is -2.31. The molecule has 0 aromatic rings. The van der Waals surface area contributed by atoms with Crippen LogP contribution in [0.3, 0.4) is 0 Å². The van der Waals surface area contributed by atoms with E-state index in [2.05, 4.69) is 32.7 Å². The number of amidine groups is 1. The zero-order valence-corrected chi connectivity index (χ0v) is 11.1. The van der Waals surface area contributed by atoms with Gasteiger partial charge in [-0.15, -0.1) is 0 Å². The van der Waals surface area contributed by atoms with E-state index in [-0.39, 0.29) is 11.3 Å². The smallest absolute Gasteiger partial charge is 0.0963 e. The summed E-state index contributed by atoms with van der Waals surface area (Å²) in [6.07, 6.45) is 0.940. The third-order valence-corrected chi connectivity index (χ3v) is 3.48. The normalized spacial score (nSPS) is 14.7. The first-order valence-electron chi connectivity index (χ1n) is 5.73. The summed E-state index contributed by atoms with van der Waals surface area (Å²) >= 11 is 0. The Labute approximate surface area is 94.5 Å². The maximum absolute atomic E-state index is 7.49. The first kappa shape index (κ1) is 14.4. The molecule has 90 valence electrons. The lowest BCUT2D eigenvalue weighted by Crippen LogP contribution is -2.38. The highest BCUT2D eigenvalue weighted by atomic mass is 15.1. The van der Waals surface area contributed by atoms with Crippen molar-refractivity contribution in [3.05, 3.63) is 0 Å². The van der Waals surface area contributed by atoms with Gasteiger partial charge in [-0.2, -0.15) is 0 Å². The Morgan fingerprint density at radius 3 is 2.13 bits per heavy atom. The number of rotatable bonds is 6. The Kier molecular flexibility index (Phi) is 5.29. The molecule has 0 saturated carbocycles. The predicted octanol–water partition coefficient (Wildman–Crippen LogP) is 2.31. The second kappa shape index (κ2) is 5.50. The zero-order valence-electron chi connectivity index (χ0n) is 11.1. The highest BCUT2D eigenvalue weighted by molar-refractivity contribution is 5.82. The molecule has 1 unspecified atom stereocenters. The van der Waals surface area contributed by atoms with Crippen LogP contribution in [0, 0.1) is 16.7 Å². The molecule has 0 aliphatic heterocycles. The Bertz CT molecular complexity index is 209. The van der Waals surface area contributed by atoms with Crippen LogP contribution < -0.4 is 5.73 Å². The van der Waals surface area contributed by atoms with Crippen molar-refractivity contribution in [2.24, 2.45) is 17.1 Å². The largest absolute Gasteiger partial charge is 0.387 e. The third kappa shape index (κ3) is 4.65. The molecule has 0 saturated heterocycles. The lowest BCUT2D eigenvalue weighted by molar-refractivity contribution is 0.191. The van der Waals surface area contributed by atoms with Crippen LogP contribution in [0.1, 0.15) is 41.0 Å². The fraction of sp³-hybridized carbons (Fsp3) is 0.917. The van der Waals surface area contributed by atoms with Gasteiger partial charge in [0.05, 0.1) is 5.84 Å². The maximum atomic E-state index is 7.49. The first-order chi connectivity index (χ1) is 6.68. The molecule has 0 aromatic heterocycles. The van der Waals surface area contributed by atoms with Gasteiger partial charge in [-0.3, -0.25) is 5.41 Å². The highest BCUT2D eigenvalue weighted by Gasteiger charge is 2.23. The number of nitrogens with two attached hydrogens (primary N) is 1. The van der Waals surface area contributed by atoms with E-state index in [4.69, 9.17) is 11.1 Å². The molecule has 15 heavy (non-hydrogen) atoms. The monoisotopic (exact) mass is 213 g/mol. The van der Waals surface area contributed by atoms with Crippen molar-refractivity contribution < 1.29 is 0 Å². The van der Waals surface area contributed by atoms with Crippen LogP contribution in [-0.4, -0.2) is 30.4 Å². The van der Waals surface area contributed by atoms with Gasteiger partial charge in [-0.1, -0.05) is 27.7 Å². The summed E-state index contributed by atoms with van der Waals surface area (Å²) in [6, 6.07) is 0.577. The second-order valence-electron chi connectivity index (χ2n) is 5.51. The van der Waals surface area contributed by atoms with Crippen LogP contribution in [0.2, 0.25) is 0 Å². The van der Waals surface area contributed by atoms with Crippen LogP contribution in [0.15, 0.2) is 0 Å². The van der Waals surface area contributed by atoms with E-state index in [1.807, 2.05) is 13.8 Å². The number of hydrogen-bond acceptors (Lipinski definition) is 2. The third-order valence-electron chi connectivity index (χ3n) is 3.48. The van der Waals surface area contributed by atoms with Crippen molar-refractivity contribution in [2.75, 3.05) is 13.6 Å². The van der Waals surface area contributed by atoms with Crippen molar-refractivity contribution in [3.8, 4) is 0 Å². The van der Waals surface area contributed by atoms with Gasteiger partial charge in [-0.25, -0.2) is 0 Å². The zero-order chi connectivity index (χ0) is 12.2. The minimum Gasteiger partial charge on any atom is -0.387 e. The van der Waals surface area contributed by atoms with E-state index in [1.165, 1.54) is 0 Å². The highest BCUT2D eigenvalue weighted by Crippen LogP contribution is 2.21. The van der Waals surface area contributed by atoms with E-state index in [0.717, 1.165) is 13.0 Å². The molecule has 0 amide bonds. The molecular weight excluding hydrogens is 186 g/mol. The Morgan fingerprint density at radius 1 is 1.33 bits per heavy atom. The Morgan fingerprint density at radius 2 is 1.80 bits per heavy atom. The molecule has 0 aliphatic rings. The van der Waals surface area contributed by atoms with Gasteiger partial charge < -0.3 is 10.6 Å². The molecule has 3 nitrogen and oxygen atoms in total. The molecule has 0 radical (unpaired) electrons. The van der Waals surface area contributed by atoms with Crippen LogP contribution in [0.5, 0.6) is 0 Å². The Balaban J connectivity index is 4.11. The maximum Gasteiger partial charge on any atom is 0.0963 e. The van der Waals surface area contributed by atoms with Gasteiger partial charge in [0.2, 0.25) is 0 Å². The molecule has 0 heterocycles. The van der Waals surface area contributed by atoms with Gasteiger partial charge in [0.15, 0.2) is 0 Å². The SMILES string of the molecule is CC(C)C(C)N(C)CCC(C)(C)C(=N)N. The van der Waals surface area contributed by atoms with E-state index < -0.39 is 0 Å². The summed E-state index contributed by atoms with van der Waals surface area (Å²) in [5.74, 6) is 0.948. The number of nitrogens with one attached hydrogen (secondary N) is 1. The molecule has 3 heteroatoms. The summed E-state index contributed by atoms with van der Waals surface area (Å²) < 4.78 is 0. The number of hydrogen-bond donors (Lipinski definition) is 2. The van der Waals surface area contributed by atoms with E-state index in [0.29, 0.717) is 12.0 Å². The van der Waals surface area contributed by atoms with Gasteiger partial charge in [0.25, 0.3) is 0 Å². The molecule has 1 atom stereocenters. The van der Waals surface area contributed by atoms with Gasteiger partial charge in [-0.05, 0) is 32.9 Å². The molecule has 0 rings (SSSR count). The fourth-order valence-corrected chi connectivity index (χ4v) is 1.30. The van der Waals surface area contributed by atoms with Gasteiger partial charge in [0, 0.05) is 11.5 Å². The van der Waals surface area contributed by atoms with Crippen molar-refractivity contribution in [2.45, 2.75) is 47.1 Å². The minimum atomic E-state index is -0.176. The van der Waals surface area contributed by atoms with Crippen LogP contribution in [-0.2, 0) is 0 Å². The van der Waals surface area contributed by atoms with Crippen molar-refractivity contribution in [3.63, 3.8) is 0 Å². The minimum absolute atomic E-state index is 0.176. The topological polar surface area (TPSA) is 53.1 Å². The van der Waals surface area contributed by atoms with Crippen molar-refractivity contribution >= 4 is 5.84 Å². The summed E-state index contributed by atoms with van der Waals surface area (Å²) in [4.78, 5) is 2.34. The molecule has 0 aliphatic carbocycles. The average Bonchev–Trinajstić information content (AvgIpc) is 2.12. The number of nitrogens with zero attached hydrogens (tertiary/aromatic N) is 1. The molecule has 0 bridgehead atoms. The molecule has 0 spiro atoms.